The van der Waals surface area contributed by atoms with Gasteiger partial charge in [0.15, 0.2) is 0 Å². The number of nitrogens with one attached hydrogen (secondary N) is 2. The summed E-state index contributed by atoms with van der Waals surface area (Å²) < 4.78 is 1.57. The van der Waals surface area contributed by atoms with E-state index in [1.807, 2.05) is 19.9 Å². The first kappa shape index (κ1) is 14.9. The quantitative estimate of drug-likeness (QED) is 0.682. The van der Waals surface area contributed by atoms with Gasteiger partial charge in [-0.3, -0.25) is 14.2 Å². The zero-order valence-corrected chi connectivity index (χ0v) is 12.9. The van der Waals surface area contributed by atoms with E-state index in [0.717, 1.165) is 16.9 Å². The van der Waals surface area contributed by atoms with E-state index < -0.39 is 0 Å². The van der Waals surface area contributed by atoms with Crippen LogP contribution in [0.2, 0.25) is 0 Å². The summed E-state index contributed by atoms with van der Waals surface area (Å²) in [6.45, 7) is 4.91. The van der Waals surface area contributed by atoms with Gasteiger partial charge < -0.3 is 10.6 Å². The largest absolute Gasteiger partial charge is 0.383 e. The van der Waals surface area contributed by atoms with Gasteiger partial charge in [0, 0.05) is 43.1 Å². The summed E-state index contributed by atoms with van der Waals surface area (Å²) in [7, 11) is 0. The predicted octanol–water partition coefficient (Wildman–Crippen LogP) is 0.978. The topological polar surface area (TPSA) is 97.1 Å². The second kappa shape index (κ2) is 6.39. The highest BCUT2D eigenvalue weighted by Gasteiger charge is 2.14. The third-order valence-electron chi connectivity index (χ3n) is 3.37. The van der Waals surface area contributed by atoms with Crippen molar-refractivity contribution in [2.24, 2.45) is 0 Å². The second-order valence-electron chi connectivity index (χ2n) is 5.14. The highest BCUT2D eigenvalue weighted by Crippen LogP contribution is 2.10. The third-order valence-corrected chi connectivity index (χ3v) is 3.37. The number of rotatable bonds is 5. The van der Waals surface area contributed by atoms with Crippen LogP contribution in [0.4, 0.5) is 5.69 Å². The highest BCUT2D eigenvalue weighted by atomic mass is 16.2. The molecule has 0 atom stereocenters. The molecule has 3 rings (SSSR count). The number of amides is 1. The summed E-state index contributed by atoms with van der Waals surface area (Å²) in [4.78, 5) is 20.4. The van der Waals surface area contributed by atoms with E-state index in [4.69, 9.17) is 0 Å². The van der Waals surface area contributed by atoms with Crippen LogP contribution in [0.3, 0.4) is 0 Å². The summed E-state index contributed by atoms with van der Waals surface area (Å²) in [5, 5.41) is 13.9. The molecule has 0 fully saturated rings. The molecule has 118 valence electrons. The molecule has 0 unspecified atom stereocenters. The minimum Gasteiger partial charge on any atom is -0.383 e. The fraction of sp³-hybridized carbons (Fsp3) is 0.267. The first-order valence-corrected chi connectivity index (χ1v) is 7.26. The van der Waals surface area contributed by atoms with Gasteiger partial charge in [0.25, 0.3) is 11.7 Å². The van der Waals surface area contributed by atoms with Crippen LogP contribution in [0, 0.1) is 13.8 Å². The van der Waals surface area contributed by atoms with Gasteiger partial charge in [0.2, 0.25) is 5.82 Å². The molecule has 2 N–H and O–H groups in total. The normalized spacial score (nSPS) is 10.7. The van der Waals surface area contributed by atoms with E-state index >= 15 is 0 Å². The maximum absolute atomic E-state index is 12.2. The van der Waals surface area contributed by atoms with Crippen molar-refractivity contribution in [2.45, 2.75) is 13.8 Å². The van der Waals surface area contributed by atoms with Crippen molar-refractivity contribution in [3.8, 4) is 0 Å². The molecule has 23 heavy (non-hydrogen) atoms. The fourth-order valence-corrected chi connectivity index (χ4v) is 2.15. The molecule has 0 aromatic carbocycles. The van der Waals surface area contributed by atoms with E-state index in [-0.39, 0.29) is 11.7 Å². The van der Waals surface area contributed by atoms with Crippen molar-refractivity contribution in [3.05, 3.63) is 47.8 Å². The first-order chi connectivity index (χ1) is 11.1. The Morgan fingerprint density at radius 2 is 2.09 bits per heavy atom. The van der Waals surface area contributed by atoms with Gasteiger partial charge >= 0.3 is 0 Å². The molecule has 8 heteroatoms. The lowest BCUT2D eigenvalue weighted by Gasteiger charge is -2.09. The van der Waals surface area contributed by atoms with Gasteiger partial charge in [-0.25, -0.2) is 4.98 Å². The van der Waals surface area contributed by atoms with Gasteiger partial charge in [0.1, 0.15) is 0 Å². The smallest absolute Gasteiger partial charge is 0.289 e. The molecule has 1 amide bonds. The van der Waals surface area contributed by atoms with Crippen LogP contribution in [0.5, 0.6) is 0 Å². The molecule has 0 radical (unpaired) electrons. The van der Waals surface area contributed by atoms with Crippen LogP contribution in [-0.4, -0.2) is 43.6 Å². The van der Waals surface area contributed by atoms with Gasteiger partial charge in [-0.15, -0.1) is 10.2 Å². The molecule has 0 spiro atoms. The molecule has 0 aliphatic rings. The zero-order valence-electron chi connectivity index (χ0n) is 12.9. The number of nitrogens with zero attached hydrogens (tertiary/aromatic N) is 5. The third kappa shape index (κ3) is 3.25. The minimum absolute atomic E-state index is 0.229. The zero-order chi connectivity index (χ0) is 16.2. The number of fused-ring (bicyclic) bond motifs is 1. The van der Waals surface area contributed by atoms with E-state index in [0.29, 0.717) is 18.9 Å². The van der Waals surface area contributed by atoms with Crippen LogP contribution < -0.4 is 10.6 Å². The van der Waals surface area contributed by atoms with Crippen molar-refractivity contribution in [3.63, 3.8) is 0 Å². The number of carbonyl (C=O) groups excluding carboxylic acids is 1. The van der Waals surface area contributed by atoms with Crippen molar-refractivity contribution in [2.75, 3.05) is 18.4 Å². The average Bonchev–Trinajstić information content (AvgIpc) is 2.96. The molecule has 0 saturated carbocycles. The summed E-state index contributed by atoms with van der Waals surface area (Å²) in [5.74, 6) is 0.365. The van der Waals surface area contributed by atoms with Gasteiger partial charge in [-0.05, 0) is 31.5 Å². The van der Waals surface area contributed by atoms with E-state index in [1.165, 1.54) is 0 Å². The van der Waals surface area contributed by atoms with Gasteiger partial charge in [-0.2, -0.15) is 0 Å². The Bertz CT molecular complexity index is 843. The number of anilines is 1. The molecule has 0 aliphatic carbocycles. The highest BCUT2D eigenvalue weighted by molar-refractivity contribution is 5.91. The molecule has 0 bridgehead atoms. The number of carbonyl (C=O) groups is 1. The number of aryl methyl sites for hydroxylation is 2. The molecular formula is C15H17N7O. The maximum atomic E-state index is 12.2. The SMILES string of the molecule is Cc1ccn2c(C(=O)NCCNc3ccncc3C)nnc2n1. The van der Waals surface area contributed by atoms with Crippen LogP contribution in [0.1, 0.15) is 21.9 Å². The predicted molar refractivity (Wildman–Crippen MR) is 85.3 cm³/mol. The summed E-state index contributed by atoms with van der Waals surface area (Å²) in [5.41, 5.74) is 2.89. The lowest BCUT2D eigenvalue weighted by molar-refractivity contribution is 0.0943. The van der Waals surface area contributed by atoms with Crippen molar-refractivity contribution >= 4 is 17.4 Å². The lowest BCUT2D eigenvalue weighted by atomic mass is 10.2. The molecule has 8 nitrogen and oxygen atoms in total. The minimum atomic E-state index is -0.281. The standard InChI is InChI=1S/C15H17N7O/c1-10-9-16-5-3-12(10)17-6-7-18-14(23)13-20-21-15-19-11(2)4-8-22(13)15/h3-5,8-9H,6-7H2,1-2H3,(H,16,17)(H,18,23). The first-order valence-electron chi connectivity index (χ1n) is 7.26. The van der Waals surface area contributed by atoms with E-state index in [2.05, 4.69) is 30.8 Å². The van der Waals surface area contributed by atoms with Crippen molar-refractivity contribution in [1.82, 2.24) is 29.9 Å². The Kier molecular flexibility index (Phi) is 4.13. The average molecular weight is 311 g/mol. The fourth-order valence-electron chi connectivity index (χ4n) is 2.15. The number of hydrogen-bond donors (Lipinski definition) is 2. The number of aromatic nitrogens is 5. The molecular weight excluding hydrogens is 294 g/mol. The maximum Gasteiger partial charge on any atom is 0.289 e. The number of pyridine rings is 1. The monoisotopic (exact) mass is 311 g/mol. The van der Waals surface area contributed by atoms with Crippen LogP contribution >= 0.6 is 0 Å². The van der Waals surface area contributed by atoms with Crippen LogP contribution in [0.15, 0.2) is 30.7 Å². The Morgan fingerprint density at radius 1 is 1.22 bits per heavy atom. The Labute approximate surface area is 133 Å². The molecule has 0 aliphatic heterocycles. The Balaban J connectivity index is 1.58. The molecule has 3 aromatic rings. The Hall–Kier alpha value is -3.03. The molecule has 0 saturated heterocycles. The molecule has 3 heterocycles. The van der Waals surface area contributed by atoms with Crippen molar-refractivity contribution < 1.29 is 4.79 Å². The van der Waals surface area contributed by atoms with E-state index in [9.17, 15) is 4.79 Å². The summed E-state index contributed by atoms with van der Waals surface area (Å²) in [6, 6.07) is 3.71. The second-order valence-corrected chi connectivity index (χ2v) is 5.14. The van der Waals surface area contributed by atoms with Crippen LogP contribution in [-0.2, 0) is 0 Å². The number of hydrogen-bond acceptors (Lipinski definition) is 6. The van der Waals surface area contributed by atoms with Crippen molar-refractivity contribution in [1.29, 1.82) is 0 Å². The van der Waals surface area contributed by atoms with Gasteiger partial charge in [-0.1, -0.05) is 0 Å². The van der Waals surface area contributed by atoms with Gasteiger partial charge in [0.05, 0.1) is 0 Å². The van der Waals surface area contributed by atoms with E-state index in [1.54, 1.807) is 29.1 Å². The lowest BCUT2D eigenvalue weighted by Crippen LogP contribution is -2.30. The summed E-state index contributed by atoms with van der Waals surface area (Å²) in [6.07, 6.45) is 5.26. The molecule has 3 aromatic heterocycles. The summed E-state index contributed by atoms with van der Waals surface area (Å²) >= 11 is 0. The van der Waals surface area contributed by atoms with Crippen LogP contribution in [0.25, 0.3) is 5.78 Å². The Morgan fingerprint density at radius 3 is 2.91 bits per heavy atom.